The summed E-state index contributed by atoms with van der Waals surface area (Å²) in [5.74, 6) is 5.58. The number of hydrogen-bond donors (Lipinski definition) is 2. The van der Waals surface area contributed by atoms with E-state index in [-0.39, 0.29) is 12.5 Å². The molecule has 0 saturated carbocycles. The lowest BCUT2D eigenvalue weighted by Crippen LogP contribution is -2.22. The van der Waals surface area contributed by atoms with Gasteiger partial charge >= 0.3 is 0 Å². The van der Waals surface area contributed by atoms with Gasteiger partial charge in [0.05, 0.1) is 12.2 Å². The van der Waals surface area contributed by atoms with Crippen LogP contribution in [0, 0.1) is 11.8 Å². The zero-order valence-corrected chi connectivity index (χ0v) is 13.0. The maximum atomic E-state index is 12.2. The lowest BCUT2D eigenvalue weighted by Gasteiger charge is -2.03. The predicted octanol–water partition coefficient (Wildman–Crippen LogP) is 1.28. The highest BCUT2D eigenvalue weighted by atomic mass is 32.1. The largest absolute Gasteiger partial charge is 0.347 e. The Labute approximate surface area is 128 Å². The normalized spacial score (nSPS) is 10.0. The van der Waals surface area contributed by atoms with E-state index in [2.05, 4.69) is 22.3 Å². The number of nitrogens with zero attached hydrogens (tertiary/aromatic N) is 2. The Balaban J connectivity index is 2.07. The molecule has 0 aliphatic carbocycles. The number of aromatic nitrogens is 2. The van der Waals surface area contributed by atoms with Crippen LogP contribution in [0.2, 0.25) is 0 Å². The molecule has 0 bridgehead atoms. The van der Waals surface area contributed by atoms with Crippen LogP contribution < -0.4 is 11.1 Å². The molecular weight excluding hydrogens is 284 g/mol. The minimum Gasteiger partial charge on any atom is -0.347 e. The summed E-state index contributed by atoms with van der Waals surface area (Å²) >= 11 is 1.38. The van der Waals surface area contributed by atoms with Crippen LogP contribution >= 0.6 is 11.3 Å². The van der Waals surface area contributed by atoms with Crippen LogP contribution in [0.4, 0.5) is 0 Å². The van der Waals surface area contributed by atoms with Gasteiger partial charge in [0.25, 0.3) is 5.91 Å². The smallest absolute Gasteiger partial charge is 0.262 e. The fraction of sp³-hybridized carbons (Fsp3) is 0.333. The van der Waals surface area contributed by atoms with Crippen molar-refractivity contribution in [2.75, 3.05) is 6.54 Å². The molecular formula is C15H18N4OS. The van der Waals surface area contributed by atoms with Gasteiger partial charge in [-0.05, 0) is 17.9 Å². The molecule has 0 saturated heterocycles. The Bertz CT molecular complexity index is 690. The van der Waals surface area contributed by atoms with Crippen LogP contribution in [0.25, 0.3) is 0 Å². The van der Waals surface area contributed by atoms with Gasteiger partial charge in [0.15, 0.2) is 0 Å². The van der Waals surface area contributed by atoms with Crippen LogP contribution in [0.15, 0.2) is 17.6 Å². The number of aryl methyl sites for hydroxylation is 2. The first-order chi connectivity index (χ1) is 10.2. The van der Waals surface area contributed by atoms with Crippen molar-refractivity contribution < 1.29 is 4.79 Å². The maximum Gasteiger partial charge on any atom is 0.262 e. The van der Waals surface area contributed by atoms with Gasteiger partial charge in [0.2, 0.25) is 0 Å². The van der Waals surface area contributed by atoms with Crippen molar-refractivity contribution in [2.24, 2.45) is 12.8 Å². The summed E-state index contributed by atoms with van der Waals surface area (Å²) in [5.41, 5.74) is 8.13. The molecule has 21 heavy (non-hydrogen) atoms. The van der Waals surface area contributed by atoms with Gasteiger partial charge in [0, 0.05) is 30.9 Å². The molecule has 0 fully saturated rings. The molecule has 0 aliphatic rings. The van der Waals surface area contributed by atoms with Crippen LogP contribution in [0.3, 0.4) is 0 Å². The molecule has 6 heteroatoms. The molecule has 2 heterocycles. The van der Waals surface area contributed by atoms with E-state index in [0.29, 0.717) is 11.4 Å². The zero-order valence-electron chi connectivity index (χ0n) is 12.1. The number of hydrogen-bond acceptors (Lipinski definition) is 4. The lowest BCUT2D eigenvalue weighted by atomic mass is 10.2. The van der Waals surface area contributed by atoms with Gasteiger partial charge in [-0.2, -0.15) is 5.10 Å². The average molecular weight is 302 g/mol. The number of nitrogens with one attached hydrogen (secondary N) is 1. The highest BCUT2D eigenvalue weighted by Crippen LogP contribution is 2.16. The maximum absolute atomic E-state index is 12.2. The average Bonchev–Trinajstić information content (AvgIpc) is 3.08. The third kappa shape index (κ3) is 3.72. The SMILES string of the molecule is CCc1nn(C)cc1CNC(=O)c1sccc1C#CCN. The standard InChI is InChI=1S/C15H18N4OS/c1-3-13-12(10-19(2)18-13)9-17-15(20)14-11(5-4-7-16)6-8-21-14/h6,8,10H,3,7,9,16H2,1-2H3,(H,17,20). The summed E-state index contributed by atoms with van der Waals surface area (Å²) in [6, 6.07) is 1.84. The Morgan fingerprint density at radius 3 is 3.10 bits per heavy atom. The fourth-order valence-electron chi connectivity index (χ4n) is 2.01. The van der Waals surface area contributed by atoms with E-state index in [0.717, 1.165) is 23.2 Å². The summed E-state index contributed by atoms with van der Waals surface area (Å²) < 4.78 is 1.77. The van der Waals surface area contributed by atoms with E-state index in [1.54, 1.807) is 4.68 Å². The van der Waals surface area contributed by atoms with E-state index < -0.39 is 0 Å². The summed E-state index contributed by atoms with van der Waals surface area (Å²) in [5, 5.41) is 9.14. The van der Waals surface area contributed by atoms with Gasteiger partial charge in [-0.1, -0.05) is 18.8 Å². The van der Waals surface area contributed by atoms with Crippen molar-refractivity contribution in [1.29, 1.82) is 0 Å². The molecule has 0 radical (unpaired) electrons. The molecule has 3 N–H and O–H groups in total. The van der Waals surface area contributed by atoms with Crippen LogP contribution in [0.1, 0.15) is 33.4 Å². The highest BCUT2D eigenvalue weighted by molar-refractivity contribution is 7.12. The lowest BCUT2D eigenvalue weighted by molar-refractivity contribution is 0.0954. The molecule has 0 unspecified atom stereocenters. The minimum absolute atomic E-state index is 0.114. The third-order valence-electron chi connectivity index (χ3n) is 2.96. The van der Waals surface area contributed by atoms with Crippen LogP contribution in [0.5, 0.6) is 0 Å². The molecule has 0 atom stereocenters. The molecule has 1 amide bonds. The fourth-order valence-corrected chi connectivity index (χ4v) is 2.78. The van der Waals surface area contributed by atoms with Crippen molar-refractivity contribution in [1.82, 2.24) is 15.1 Å². The monoisotopic (exact) mass is 302 g/mol. The second-order valence-corrected chi connectivity index (χ2v) is 5.40. The number of nitrogens with two attached hydrogens (primary N) is 1. The number of amides is 1. The molecule has 0 aromatic carbocycles. The van der Waals surface area contributed by atoms with Crippen LogP contribution in [-0.2, 0) is 20.0 Å². The second-order valence-electron chi connectivity index (χ2n) is 4.48. The molecule has 110 valence electrons. The molecule has 2 rings (SSSR count). The summed E-state index contributed by atoms with van der Waals surface area (Å²) in [6.45, 7) is 2.80. The second kappa shape index (κ2) is 7.07. The molecule has 2 aromatic heterocycles. The molecule has 2 aromatic rings. The number of rotatable bonds is 4. The van der Waals surface area contributed by atoms with Gasteiger partial charge in [-0.25, -0.2) is 0 Å². The first-order valence-corrected chi connectivity index (χ1v) is 7.59. The summed E-state index contributed by atoms with van der Waals surface area (Å²) in [6.07, 6.45) is 2.78. The Hall–Kier alpha value is -2.10. The van der Waals surface area contributed by atoms with Crippen LogP contribution in [-0.4, -0.2) is 22.2 Å². The van der Waals surface area contributed by atoms with Gasteiger partial charge in [0.1, 0.15) is 4.88 Å². The first-order valence-electron chi connectivity index (χ1n) is 6.71. The van der Waals surface area contributed by atoms with E-state index in [1.807, 2.05) is 31.6 Å². The predicted molar refractivity (Wildman–Crippen MR) is 84.0 cm³/mol. The third-order valence-corrected chi connectivity index (χ3v) is 3.88. The Kier molecular flexibility index (Phi) is 5.14. The van der Waals surface area contributed by atoms with Gasteiger partial charge < -0.3 is 11.1 Å². The highest BCUT2D eigenvalue weighted by Gasteiger charge is 2.13. The van der Waals surface area contributed by atoms with Gasteiger partial charge in [-0.3, -0.25) is 9.48 Å². The van der Waals surface area contributed by atoms with Crippen molar-refractivity contribution in [3.8, 4) is 11.8 Å². The minimum atomic E-state index is -0.114. The summed E-state index contributed by atoms with van der Waals surface area (Å²) in [4.78, 5) is 12.9. The van der Waals surface area contributed by atoms with E-state index >= 15 is 0 Å². The summed E-state index contributed by atoms with van der Waals surface area (Å²) in [7, 11) is 1.88. The van der Waals surface area contributed by atoms with E-state index in [9.17, 15) is 4.79 Å². The van der Waals surface area contributed by atoms with Gasteiger partial charge in [-0.15, -0.1) is 11.3 Å². The van der Waals surface area contributed by atoms with Crippen molar-refractivity contribution in [3.05, 3.63) is 39.3 Å². The molecule has 5 nitrogen and oxygen atoms in total. The van der Waals surface area contributed by atoms with Crippen molar-refractivity contribution in [2.45, 2.75) is 19.9 Å². The Morgan fingerprint density at radius 2 is 2.38 bits per heavy atom. The topological polar surface area (TPSA) is 72.9 Å². The van der Waals surface area contributed by atoms with Crippen molar-refractivity contribution >= 4 is 17.2 Å². The molecule has 0 spiro atoms. The number of carbonyl (C=O) groups excluding carboxylic acids is 1. The zero-order chi connectivity index (χ0) is 15.2. The quantitative estimate of drug-likeness (QED) is 0.836. The first kappa shape index (κ1) is 15.3. The Morgan fingerprint density at radius 1 is 1.57 bits per heavy atom. The number of carbonyl (C=O) groups is 1. The number of thiophene rings is 1. The molecule has 0 aliphatic heterocycles. The van der Waals surface area contributed by atoms with E-state index in [1.165, 1.54) is 11.3 Å². The van der Waals surface area contributed by atoms with E-state index in [4.69, 9.17) is 5.73 Å². The van der Waals surface area contributed by atoms with Crippen molar-refractivity contribution in [3.63, 3.8) is 0 Å².